The molecule has 1 N–H and O–H groups in total. The molecule has 2 rings (SSSR count). The van der Waals surface area contributed by atoms with E-state index in [4.69, 9.17) is 5.11 Å². The Morgan fingerprint density at radius 3 is 1.53 bits per heavy atom. The zero-order chi connectivity index (χ0) is 22.3. The lowest BCUT2D eigenvalue weighted by Crippen LogP contribution is -1.99. The standard InChI is InChI=1S/C13H10O.C7H16O.C7H14O/c14-13(11-7-3-1-4-8-11)12-9-5-2-6-10-12;2*1-2-3-4-5-6-7-8/h1-10H;8H,2-7H2,1H3;7H,2-6H2,1H3. The minimum atomic E-state index is 0.0752. The van der Waals surface area contributed by atoms with Gasteiger partial charge < -0.3 is 9.90 Å². The summed E-state index contributed by atoms with van der Waals surface area (Å²) in [6, 6.07) is 18.6. The third-order valence-corrected chi connectivity index (χ3v) is 4.51. The Morgan fingerprint density at radius 1 is 0.700 bits per heavy atom. The molecule has 0 radical (unpaired) electrons. The predicted octanol–water partition coefficient (Wildman–Crippen LogP) is 7.02. The Balaban J connectivity index is 0.000000456. The predicted molar refractivity (Wildman–Crippen MR) is 127 cm³/mol. The van der Waals surface area contributed by atoms with Crippen LogP contribution in [0.25, 0.3) is 0 Å². The van der Waals surface area contributed by atoms with Gasteiger partial charge in [-0.1, -0.05) is 119 Å². The summed E-state index contributed by atoms with van der Waals surface area (Å²) in [4.78, 5) is 21.6. The van der Waals surface area contributed by atoms with Crippen molar-refractivity contribution in [2.24, 2.45) is 0 Å². The molecule has 0 aliphatic rings. The van der Waals surface area contributed by atoms with Crippen molar-refractivity contribution in [3.63, 3.8) is 0 Å². The number of carbonyl (C=O) groups is 2. The van der Waals surface area contributed by atoms with Crippen LogP contribution in [0.2, 0.25) is 0 Å². The summed E-state index contributed by atoms with van der Waals surface area (Å²) in [7, 11) is 0. The van der Waals surface area contributed by atoms with E-state index in [0.29, 0.717) is 6.61 Å². The van der Waals surface area contributed by atoms with Crippen molar-refractivity contribution in [2.45, 2.75) is 78.1 Å². The zero-order valence-electron chi connectivity index (χ0n) is 18.9. The average Bonchev–Trinajstić information content (AvgIpc) is 2.81. The smallest absolute Gasteiger partial charge is 0.193 e. The van der Waals surface area contributed by atoms with Crippen LogP contribution in [0.5, 0.6) is 0 Å². The van der Waals surface area contributed by atoms with E-state index in [0.717, 1.165) is 36.7 Å². The molecule has 2 aromatic carbocycles. The molecule has 0 saturated heterocycles. The van der Waals surface area contributed by atoms with Gasteiger partial charge in [0.2, 0.25) is 0 Å². The average molecular weight is 413 g/mol. The van der Waals surface area contributed by atoms with Crippen molar-refractivity contribution < 1.29 is 14.7 Å². The van der Waals surface area contributed by atoms with Crippen LogP contribution < -0.4 is 0 Å². The maximum atomic E-state index is 11.8. The van der Waals surface area contributed by atoms with Crippen molar-refractivity contribution in [3.05, 3.63) is 71.8 Å². The van der Waals surface area contributed by atoms with Gasteiger partial charge in [-0.15, -0.1) is 0 Å². The van der Waals surface area contributed by atoms with Crippen LogP contribution in [-0.4, -0.2) is 23.8 Å². The number of unbranched alkanes of at least 4 members (excludes halogenated alkanes) is 8. The SMILES string of the molecule is CCCCCCC=O.CCCCCCCO.O=C(c1ccccc1)c1ccccc1. The van der Waals surface area contributed by atoms with Gasteiger partial charge in [-0.3, -0.25) is 4.79 Å². The highest BCUT2D eigenvalue weighted by Crippen LogP contribution is 2.08. The van der Waals surface area contributed by atoms with Crippen LogP contribution in [0.4, 0.5) is 0 Å². The molecule has 0 aromatic heterocycles. The highest BCUT2D eigenvalue weighted by atomic mass is 16.2. The lowest BCUT2D eigenvalue weighted by atomic mass is 10.0. The van der Waals surface area contributed by atoms with E-state index in [2.05, 4.69) is 13.8 Å². The van der Waals surface area contributed by atoms with E-state index >= 15 is 0 Å². The van der Waals surface area contributed by atoms with Crippen molar-refractivity contribution in [2.75, 3.05) is 6.61 Å². The topological polar surface area (TPSA) is 54.4 Å². The summed E-state index contributed by atoms with van der Waals surface area (Å²) in [5.74, 6) is 0.0752. The summed E-state index contributed by atoms with van der Waals surface area (Å²) in [6.45, 7) is 4.73. The van der Waals surface area contributed by atoms with Crippen LogP contribution >= 0.6 is 0 Å². The van der Waals surface area contributed by atoms with Gasteiger partial charge in [0.05, 0.1) is 0 Å². The van der Waals surface area contributed by atoms with Crippen molar-refractivity contribution in [1.82, 2.24) is 0 Å². The highest BCUT2D eigenvalue weighted by molar-refractivity contribution is 6.08. The van der Waals surface area contributed by atoms with E-state index in [9.17, 15) is 9.59 Å². The molecule has 166 valence electrons. The van der Waals surface area contributed by atoms with Crippen LogP contribution in [0.1, 0.15) is 94.0 Å². The normalized spacial score (nSPS) is 9.57. The molecule has 0 unspecified atom stereocenters. The summed E-state index contributed by atoms with van der Waals surface area (Å²) in [6.07, 6.45) is 12.6. The van der Waals surface area contributed by atoms with Gasteiger partial charge in [0, 0.05) is 24.2 Å². The quantitative estimate of drug-likeness (QED) is 0.231. The van der Waals surface area contributed by atoms with Crippen molar-refractivity contribution in [3.8, 4) is 0 Å². The summed E-state index contributed by atoms with van der Waals surface area (Å²) >= 11 is 0. The van der Waals surface area contributed by atoms with E-state index in [1.54, 1.807) is 0 Å². The first-order valence-corrected chi connectivity index (χ1v) is 11.4. The molecule has 2 aromatic rings. The van der Waals surface area contributed by atoms with E-state index < -0.39 is 0 Å². The summed E-state index contributed by atoms with van der Waals surface area (Å²) < 4.78 is 0. The van der Waals surface area contributed by atoms with Gasteiger partial charge in [-0.2, -0.15) is 0 Å². The second-order valence-electron chi connectivity index (χ2n) is 7.21. The molecule has 0 fully saturated rings. The van der Waals surface area contributed by atoms with Gasteiger partial charge >= 0.3 is 0 Å². The number of aliphatic hydroxyl groups is 1. The number of carbonyl (C=O) groups excluding carboxylic acids is 2. The third-order valence-electron chi connectivity index (χ3n) is 4.51. The van der Waals surface area contributed by atoms with Crippen LogP contribution in [0.3, 0.4) is 0 Å². The molecule has 0 amide bonds. The largest absolute Gasteiger partial charge is 0.396 e. The Bertz CT molecular complexity index is 576. The maximum Gasteiger partial charge on any atom is 0.193 e. The fourth-order valence-electron chi connectivity index (χ4n) is 2.72. The number of rotatable bonds is 12. The number of benzene rings is 2. The molecule has 0 aliphatic heterocycles. The zero-order valence-corrected chi connectivity index (χ0v) is 18.9. The van der Waals surface area contributed by atoms with Gasteiger partial charge in [0.15, 0.2) is 5.78 Å². The first-order valence-electron chi connectivity index (χ1n) is 11.4. The number of aldehydes is 1. The Labute approximate surface area is 183 Å². The molecule has 30 heavy (non-hydrogen) atoms. The third kappa shape index (κ3) is 15.6. The van der Waals surface area contributed by atoms with E-state index in [1.807, 2.05) is 60.7 Å². The lowest BCUT2D eigenvalue weighted by molar-refractivity contribution is -0.107. The molecule has 0 spiro atoms. The first kappa shape index (κ1) is 27.7. The fraction of sp³-hybridized carbons (Fsp3) is 0.481. The maximum absolute atomic E-state index is 11.8. The Morgan fingerprint density at radius 2 is 1.13 bits per heavy atom. The van der Waals surface area contributed by atoms with Crippen molar-refractivity contribution >= 4 is 12.1 Å². The number of hydrogen-bond acceptors (Lipinski definition) is 3. The second-order valence-corrected chi connectivity index (χ2v) is 7.21. The van der Waals surface area contributed by atoms with Gasteiger partial charge in [0.25, 0.3) is 0 Å². The van der Waals surface area contributed by atoms with Crippen molar-refractivity contribution in [1.29, 1.82) is 0 Å². The fourth-order valence-corrected chi connectivity index (χ4v) is 2.72. The van der Waals surface area contributed by atoms with Crippen LogP contribution in [0, 0.1) is 0 Å². The Kier molecular flexibility index (Phi) is 19.8. The molecule has 0 saturated carbocycles. The number of ketones is 1. The molecule has 0 atom stereocenters. The second kappa shape index (κ2) is 21.4. The molecule has 0 heterocycles. The number of hydrogen-bond donors (Lipinski definition) is 1. The van der Waals surface area contributed by atoms with Crippen LogP contribution in [-0.2, 0) is 4.79 Å². The Hall–Kier alpha value is -2.26. The molecular weight excluding hydrogens is 372 g/mol. The minimum Gasteiger partial charge on any atom is -0.396 e. The molecule has 3 nitrogen and oxygen atoms in total. The summed E-state index contributed by atoms with van der Waals surface area (Å²) in [5.41, 5.74) is 1.47. The monoisotopic (exact) mass is 412 g/mol. The minimum absolute atomic E-state index is 0.0752. The summed E-state index contributed by atoms with van der Waals surface area (Å²) in [5, 5.41) is 8.37. The van der Waals surface area contributed by atoms with E-state index in [1.165, 1.54) is 44.9 Å². The molecule has 3 heteroatoms. The highest BCUT2D eigenvalue weighted by Gasteiger charge is 2.06. The van der Waals surface area contributed by atoms with E-state index in [-0.39, 0.29) is 5.78 Å². The molecule has 0 aliphatic carbocycles. The van der Waals surface area contributed by atoms with Gasteiger partial charge in [-0.05, 0) is 12.8 Å². The number of aliphatic hydroxyl groups excluding tert-OH is 1. The van der Waals surface area contributed by atoms with Gasteiger partial charge in [0.1, 0.15) is 6.29 Å². The lowest BCUT2D eigenvalue weighted by Gasteiger charge is -1.99. The molecular formula is C27H40O3. The van der Waals surface area contributed by atoms with Gasteiger partial charge in [-0.25, -0.2) is 0 Å². The van der Waals surface area contributed by atoms with Crippen LogP contribution in [0.15, 0.2) is 60.7 Å². The first-order chi connectivity index (χ1) is 14.7. The molecule has 0 bridgehead atoms.